The second-order valence-corrected chi connectivity index (χ2v) is 9.89. The van der Waals surface area contributed by atoms with Gasteiger partial charge in [-0.3, -0.25) is 4.79 Å². The lowest BCUT2D eigenvalue weighted by atomic mass is 10.2. The number of oxazole rings is 1. The first kappa shape index (κ1) is 21.6. The van der Waals surface area contributed by atoms with Crippen molar-refractivity contribution >= 4 is 50.3 Å². The summed E-state index contributed by atoms with van der Waals surface area (Å²) in [5, 5.41) is 6.12. The second-order valence-electron chi connectivity index (χ2n) is 6.96. The van der Waals surface area contributed by atoms with Gasteiger partial charge < -0.3 is 8.98 Å². The van der Waals surface area contributed by atoms with Crippen LogP contribution in [-0.2, 0) is 10.0 Å². The Bertz CT molecular complexity index is 1410. The van der Waals surface area contributed by atoms with Gasteiger partial charge in [0, 0.05) is 33.7 Å². The number of carbonyl (C=O) groups excluding carboxylic acids is 1. The highest BCUT2D eigenvalue weighted by atomic mass is 35.5. The molecular formula is C21H18ClN3O4S2. The van der Waals surface area contributed by atoms with Crippen molar-refractivity contribution in [1.29, 1.82) is 0 Å². The summed E-state index contributed by atoms with van der Waals surface area (Å²) in [6.45, 7) is 3.73. The van der Waals surface area contributed by atoms with Crippen LogP contribution in [-0.4, -0.2) is 29.5 Å². The van der Waals surface area contributed by atoms with Crippen LogP contribution in [0.4, 0.5) is 0 Å². The summed E-state index contributed by atoms with van der Waals surface area (Å²) in [4.78, 5) is 17.3. The number of hydrogen-bond acceptors (Lipinski definition) is 6. The molecule has 0 aliphatic carbocycles. The normalized spacial score (nSPS) is 11.9. The number of aryl methyl sites for hydroxylation is 1. The lowest BCUT2D eigenvalue weighted by Crippen LogP contribution is -2.12. The minimum Gasteiger partial charge on any atom is -0.431 e. The van der Waals surface area contributed by atoms with E-state index in [1.807, 2.05) is 24.5 Å². The van der Waals surface area contributed by atoms with Crippen LogP contribution in [0.5, 0.6) is 0 Å². The first-order valence-electron chi connectivity index (χ1n) is 9.18. The number of primary sulfonamides is 1. The van der Waals surface area contributed by atoms with E-state index < -0.39 is 10.0 Å². The molecule has 2 N–H and O–H groups in total. The highest BCUT2D eigenvalue weighted by Crippen LogP contribution is 2.28. The van der Waals surface area contributed by atoms with E-state index in [-0.39, 0.29) is 16.4 Å². The third-order valence-corrected chi connectivity index (χ3v) is 6.81. The van der Waals surface area contributed by atoms with Gasteiger partial charge in [0.05, 0.1) is 10.6 Å². The van der Waals surface area contributed by atoms with Crippen LogP contribution in [0.15, 0.2) is 63.1 Å². The van der Waals surface area contributed by atoms with Crippen molar-refractivity contribution in [3.8, 4) is 5.69 Å². The lowest BCUT2D eigenvalue weighted by molar-refractivity contribution is 0.102. The maximum Gasteiger partial charge on any atom is 0.257 e. The van der Waals surface area contributed by atoms with Crippen LogP contribution >= 0.6 is 23.4 Å². The maximum atomic E-state index is 12.9. The van der Waals surface area contributed by atoms with Gasteiger partial charge in [-0.1, -0.05) is 23.4 Å². The number of carbonyl (C=O) groups is 1. The topological polar surface area (TPSA) is 108 Å². The van der Waals surface area contributed by atoms with E-state index >= 15 is 0 Å². The van der Waals surface area contributed by atoms with Gasteiger partial charge in [0.15, 0.2) is 11.4 Å². The molecule has 4 aromatic rings. The number of benzene rings is 2. The minimum absolute atomic E-state index is 0.0334. The summed E-state index contributed by atoms with van der Waals surface area (Å²) in [6, 6.07) is 13.2. The fraction of sp³-hybridized carbons (Fsp3) is 0.143. The average molecular weight is 476 g/mol. The van der Waals surface area contributed by atoms with Gasteiger partial charge >= 0.3 is 0 Å². The van der Waals surface area contributed by atoms with Crippen LogP contribution in [0, 0.1) is 13.8 Å². The van der Waals surface area contributed by atoms with Crippen LogP contribution in [0.2, 0.25) is 5.02 Å². The molecule has 0 aliphatic heterocycles. The average Bonchev–Trinajstić information content (AvgIpc) is 3.25. The highest BCUT2D eigenvalue weighted by Gasteiger charge is 2.19. The van der Waals surface area contributed by atoms with E-state index in [2.05, 4.69) is 4.98 Å². The number of aromatic nitrogens is 2. The SMILES string of the molecule is Cc1cc(C(=O)CSc2nc3ccc(Cl)cc3o2)c(C)n1-c1ccc(S(N)(=O)=O)cc1. The van der Waals surface area contributed by atoms with Crippen molar-refractivity contribution in [3.05, 3.63) is 70.5 Å². The van der Waals surface area contributed by atoms with Gasteiger partial charge in [0.2, 0.25) is 10.0 Å². The van der Waals surface area contributed by atoms with Gasteiger partial charge in [0.25, 0.3) is 5.22 Å². The smallest absolute Gasteiger partial charge is 0.257 e. The molecule has 0 radical (unpaired) electrons. The number of Topliss-reactive ketones (excluding diaryl/α,β-unsaturated/α-hetero) is 1. The number of hydrogen-bond donors (Lipinski definition) is 1. The fourth-order valence-electron chi connectivity index (χ4n) is 3.37. The Hall–Kier alpha value is -2.59. The van der Waals surface area contributed by atoms with Gasteiger partial charge in [-0.25, -0.2) is 18.5 Å². The third kappa shape index (κ3) is 4.40. The van der Waals surface area contributed by atoms with Gasteiger partial charge in [-0.05, 0) is 56.3 Å². The number of halogens is 1. The molecule has 0 aliphatic rings. The highest BCUT2D eigenvalue weighted by molar-refractivity contribution is 7.99. The van der Waals surface area contributed by atoms with E-state index in [0.717, 1.165) is 17.1 Å². The number of fused-ring (bicyclic) bond motifs is 1. The summed E-state index contributed by atoms with van der Waals surface area (Å²) in [5.74, 6) is 0.0978. The Morgan fingerprint density at radius 2 is 1.87 bits per heavy atom. The minimum atomic E-state index is -3.76. The summed E-state index contributed by atoms with van der Waals surface area (Å²) in [6.07, 6.45) is 0. The molecule has 10 heteroatoms. The molecule has 160 valence electrons. The van der Waals surface area contributed by atoms with Gasteiger partial charge in [0.1, 0.15) is 5.52 Å². The largest absolute Gasteiger partial charge is 0.431 e. The quantitative estimate of drug-likeness (QED) is 0.324. The third-order valence-electron chi connectivity index (χ3n) is 4.81. The molecule has 4 rings (SSSR count). The molecule has 0 bridgehead atoms. The van der Waals surface area contributed by atoms with Crippen LogP contribution in [0.3, 0.4) is 0 Å². The zero-order chi connectivity index (χ0) is 22.3. The molecule has 2 aromatic heterocycles. The van der Waals surface area contributed by atoms with Crippen molar-refractivity contribution < 1.29 is 17.6 Å². The van der Waals surface area contributed by atoms with Crippen LogP contribution in [0.25, 0.3) is 16.8 Å². The standard InChI is InChI=1S/C21H18ClN3O4S2/c1-12-9-17(13(2)25(12)15-4-6-16(7-5-15)31(23,27)28)19(26)11-30-21-24-18-8-3-14(22)10-20(18)29-21/h3-10H,11H2,1-2H3,(H2,23,27,28). The van der Waals surface area contributed by atoms with Crippen molar-refractivity contribution in [1.82, 2.24) is 9.55 Å². The molecule has 31 heavy (non-hydrogen) atoms. The molecular weight excluding hydrogens is 458 g/mol. The Kier molecular flexibility index (Phi) is 5.69. The van der Waals surface area contributed by atoms with Crippen molar-refractivity contribution in [3.63, 3.8) is 0 Å². The summed E-state index contributed by atoms with van der Waals surface area (Å²) < 4.78 is 30.5. The molecule has 7 nitrogen and oxygen atoms in total. The fourth-order valence-corrected chi connectivity index (χ4v) is 4.77. The number of rotatable bonds is 6. The maximum absolute atomic E-state index is 12.9. The van der Waals surface area contributed by atoms with Crippen molar-refractivity contribution in [2.24, 2.45) is 5.14 Å². The van der Waals surface area contributed by atoms with E-state index in [0.29, 0.717) is 26.9 Å². The molecule has 0 saturated carbocycles. The zero-order valence-electron chi connectivity index (χ0n) is 16.6. The number of nitrogens with two attached hydrogens (primary N) is 1. The molecule has 2 heterocycles. The Labute approximate surface area is 188 Å². The zero-order valence-corrected chi connectivity index (χ0v) is 19.0. The summed E-state index contributed by atoms with van der Waals surface area (Å²) >= 11 is 7.18. The summed E-state index contributed by atoms with van der Waals surface area (Å²) in [5.41, 5.74) is 4.19. The van der Waals surface area contributed by atoms with Crippen LogP contribution in [0.1, 0.15) is 21.7 Å². The van der Waals surface area contributed by atoms with E-state index in [9.17, 15) is 13.2 Å². The molecule has 0 fully saturated rings. The lowest BCUT2D eigenvalue weighted by Gasteiger charge is -2.10. The number of sulfonamides is 1. The molecule has 0 unspecified atom stereocenters. The molecule has 0 amide bonds. The Balaban J connectivity index is 1.55. The first-order chi connectivity index (χ1) is 14.6. The second kappa shape index (κ2) is 8.16. The van der Waals surface area contributed by atoms with Crippen molar-refractivity contribution in [2.75, 3.05) is 5.75 Å². The Morgan fingerprint density at radius 3 is 2.55 bits per heavy atom. The first-order valence-corrected chi connectivity index (χ1v) is 12.1. The van der Waals surface area contributed by atoms with Gasteiger partial charge in [-0.2, -0.15) is 0 Å². The predicted octanol–water partition coefficient (Wildman–Crippen LogP) is 4.51. The van der Waals surface area contributed by atoms with E-state index in [1.165, 1.54) is 23.9 Å². The van der Waals surface area contributed by atoms with Crippen LogP contribution < -0.4 is 5.14 Å². The van der Waals surface area contributed by atoms with Crippen molar-refractivity contribution in [2.45, 2.75) is 24.0 Å². The monoisotopic (exact) mass is 475 g/mol. The van der Waals surface area contributed by atoms with Gasteiger partial charge in [-0.15, -0.1) is 0 Å². The Morgan fingerprint density at radius 1 is 1.16 bits per heavy atom. The molecule has 0 spiro atoms. The molecule has 2 aromatic carbocycles. The number of thioether (sulfide) groups is 1. The summed E-state index contributed by atoms with van der Waals surface area (Å²) in [7, 11) is -3.76. The molecule has 0 atom stereocenters. The van der Waals surface area contributed by atoms with E-state index in [1.54, 1.807) is 30.3 Å². The number of nitrogens with zero attached hydrogens (tertiary/aromatic N) is 2. The van der Waals surface area contributed by atoms with E-state index in [4.69, 9.17) is 21.2 Å². The predicted molar refractivity (Wildman–Crippen MR) is 121 cm³/mol. The molecule has 0 saturated heterocycles. The number of ketones is 1.